The average Bonchev–Trinajstić information content (AvgIpc) is 2.36. The quantitative estimate of drug-likeness (QED) is 0.813. The number of phenolic OH excluding ortho intramolecular Hbond substituents is 1. The lowest BCUT2D eigenvalue weighted by Gasteiger charge is -2.26. The Hall–Kier alpha value is -1.22. The molecule has 0 heterocycles. The van der Waals surface area contributed by atoms with Crippen LogP contribution in [-0.2, 0) is 0 Å². The first-order valence-corrected chi connectivity index (χ1v) is 6.50. The third-order valence-electron chi connectivity index (χ3n) is 3.55. The van der Waals surface area contributed by atoms with Crippen LogP contribution in [0.3, 0.4) is 0 Å². The van der Waals surface area contributed by atoms with Gasteiger partial charge in [0.1, 0.15) is 0 Å². The molecule has 0 saturated heterocycles. The summed E-state index contributed by atoms with van der Waals surface area (Å²) < 4.78 is 5.12. The summed E-state index contributed by atoms with van der Waals surface area (Å²) in [5, 5.41) is 13.1. The molecule has 1 rings (SSSR count). The van der Waals surface area contributed by atoms with Crippen LogP contribution in [0.1, 0.15) is 45.7 Å². The topological polar surface area (TPSA) is 41.5 Å². The van der Waals surface area contributed by atoms with Crippen LogP contribution >= 0.6 is 0 Å². The molecule has 0 aliphatic carbocycles. The van der Waals surface area contributed by atoms with Crippen molar-refractivity contribution >= 4 is 0 Å². The minimum atomic E-state index is 0.183. The van der Waals surface area contributed by atoms with Gasteiger partial charge in [-0.3, -0.25) is 0 Å². The van der Waals surface area contributed by atoms with E-state index in [4.69, 9.17) is 4.74 Å². The van der Waals surface area contributed by atoms with E-state index < -0.39 is 0 Å². The minimum Gasteiger partial charge on any atom is -0.504 e. The van der Waals surface area contributed by atoms with Gasteiger partial charge in [-0.1, -0.05) is 26.8 Å². The second kappa shape index (κ2) is 6.10. The Morgan fingerprint density at radius 1 is 1.39 bits per heavy atom. The first-order valence-electron chi connectivity index (χ1n) is 6.50. The third kappa shape index (κ3) is 3.91. The molecule has 0 aliphatic heterocycles. The monoisotopic (exact) mass is 251 g/mol. The molecule has 102 valence electrons. The number of phenols is 1. The van der Waals surface area contributed by atoms with Gasteiger partial charge in [0.2, 0.25) is 0 Å². The zero-order chi connectivity index (χ0) is 13.8. The largest absolute Gasteiger partial charge is 0.504 e. The SMILES string of the molecule is CCC(C)(C)CNC(C)c1ccc(O)c(OC)c1. The van der Waals surface area contributed by atoms with E-state index in [1.165, 1.54) is 0 Å². The van der Waals surface area contributed by atoms with Crippen molar-refractivity contribution in [1.29, 1.82) is 0 Å². The van der Waals surface area contributed by atoms with Crippen LogP contribution in [-0.4, -0.2) is 18.8 Å². The number of methoxy groups -OCH3 is 1. The Kier molecular flexibility index (Phi) is 5.03. The molecular formula is C15H25NO2. The molecule has 0 aliphatic rings. The zero-order valence-corrected chi connectivity index (χ0v) is 12.1. The van der Waals surface area contributed by atoms with Gasteiger partial charge in [0.25, 0.3) is 0 Å². The van der Waals surface area contributed by atoms with Crippen molar-refractivity contribution in [1.82, 2.24) is 5.32 Å². The number of benzene rings is 1. The van der Waals surface area contributed by atoms with Gasteiger partial charge in [-0.05, 0) is 36.5 Å². The van der Waals surface area contributed by atoms with Crippen molar-refractivity contribution in [2.45, 2.75) is 40.2 Å². The summed E-state index contributed by atoms with van der Waals surface area (Å²) in [5.41, 5.74) is 1.42. The summed E-state index contributed by atoms with van der Waals surface area (Å²) in [6.07, 6.45) is 1.14. The van der Waals surface area contributed by atoms with Crippen molar-refractivity contribution in [3.8, 4) is 11.5 Å². The second-order valence-corrected chi connectivity index (χ2v) is 5.55. The first kappa shape index (κ1) is 14.8. The standard InChI is InChI=1S/C15H25NO2/c1-6-15(3,4)10-16-11(2)12-7-8-13(17)14(9-12)18-5/h7-9,11,16-17H,6,10H2,1-5H3. The lowest BCUT2D eigenvalue weighted by atomic mass is 9.90. The summed E-state index contributed by atoms with van der Waals surface area (Å²) in [6, 6.07) is 5.72. The van der Waals surface area contributed by atoms with Gasteiger partial charge >= 0.3 is 0 Å². The number of ether oxygens (including phenoxy) is 1. The van der Waals surface area contributed by atoms with Gasteiger partial charge < -0.3 is 15.2 Å². The lowest BCUT2D eigenvalue weighted by molar-refractivity contribution is 0.313. The molecule has 0 spiro atoms. The molecule has 2 N–H and O–H groups in total. The van der Waals surface area contributed by atoms with E-state index in [2.05, 4.69) is 33.0 Å². The predicted molar refractivity (Wildman–Crippen MR) is 75.1 cm³/mol. The van der Waals surface area contributed by atoms with Crippen LogP contribution in [0, 0.1) is 5.41 Å². The molecule has 0 bridgehead atoms. The first-order chi connectivity index (χ1) is 8.39. The Balaban J connectivity index is 2.70. The van der Waals surface area contributed by atoms with E-state index in [0.717, 1.165) is 18.5 Å². The van der Waals surface area contributed by atoms with E-state index in [0.29, 0.717) is 11.2 Å². The number of rotatable bonds is 6. The summed E-state index contributed by atoms with van der Waals surface area (Å²) in [5.74, 6) is 0.707. The Morgan fingerprint density at radius 2 is 2.06 bits per heavy atom. The smallest absolute Gasteiger partial charge is 0.160 e. The fourth-order valence-corrected chi connectivity index (χ4v) is 1.64. The maximum atomic E-state index is 9.57. The normalized spacial score (nSPS) is 13.4. The van der Waals surface area contributed by atoms with Crippen molar-refractivity contribution in [3.05, 3.63) is 23.8 Å². The molecule has 1 aromatic carbocycles. The number of hydrogen-bond acceptors (Lipinski definition) is 3. The van der Waals surface area contributed by atoms with Crippen molar-refractivity contribution in [3.63, 3.8) is 0 Å². The van der Waals surface area contributed by atoms with Gasteiger partial charge in [-0.2, -0.15) is 0 Å². The number of nitrogens with one attached hydrogen (secondary N) is 1. The van der Waals surface area contributed by atoms with Gasteiger partial charge in [-0.25, -0.2) is 0 Å². The van der Waals surface area contributed by atoms with Crippen molar-refractivity contribution in [2.75, 3.05) is 13.7 Å². The Morgan fingerprint density at radius 3 is 2.61 bits per heavy atom. The third-order valence-corrected chi connectivity index (χ3v) is 3.55. The highest BCUT2D eigenvalue weighted by Crippen LogP contribution is 2.29. The highest BCUT2D eigenvalue weighted by atomic mass is 16.5. The molecular weight excluding hydrogens is 226 g/mol. The highest BCUT2D eigenvalue weighted by Gasteiger charge is 2.17. The molecule has 0 saturated carbocycles. The molecule has 0 amide bonds. The number of aromatic hydroxyl groups is 1. The molecule has 1 atom stereocenters. The molecule has 3 nitrogen and oxygen atoms in total. The maximum absolute atomic E-state index is 9.57. The van der Waals surface area contributed by atoms with Crippen LogP contribution in [0.2, 0.25) is 0 Å². The summed E-state index contributed by atoms with van der Waals surface area (Å²) in [6.45, 7) is 9.80. The molecule has 0 aromatic heterocycles. The van der Waals surface area contributed by atoms with Crippen molar-refractivity contribution in [2.24, 2.45) is 5.41 Å². The summed E-state index contributed by atoms with van der Waals surface area (Å²) >= 11 is 0. The molecule has 3 heteroatoms. The Labute approximate surface area is 110 Å². The van der Waals surface area contributed by atoms with E-state index in [1.807, 2.05) is 12.1 Å². The van der Waals surface area contributed by atoms with Gasteiger partial charge in [-0.15, -0.1) is 0 Å². The van der Waals surface area contributed by atoms with Crippen LogP contribution in [0.15, 0.2) is 18.2 Å². The van der Waals surface area contributed by atoms with Crippen LogP contribution in [0.25, 0.3) is 0 Å². The van der Waals surface area contributed by atoms with E-state index in [1.54, 1.807) is 13.2 Å². The highest BCUT2D eigenvalue weighted by molar-refractivity contribution is 5.42. The van der Waals surface area contributed by atoms with Crippen LogP contribution in [0.5, 0.6) is 11.5 Å². The lowest BCUT2D eigenvalue weighted by Crippen LogP contribution is -2.30. The number of hydrogen-bond donors (Lipinski definition) is 2. The van der Waals surface area contributed by atoms with Gasteiger partial charge in [0.05, 0.1) is 7.11 Å². The van der Waals surface area contributed by atoms with Crippen LogP contribution < -0.4 is 10.1 Å². The molecule has 1 aromatic rings. The summed E-state index contributed by atoms with van der Waals surface area (Å²) in [7, 11) is 1.57. The fraction of sp³-hybridized carbons (Fsp3) is 0.600. The molecule has 0 radical (unpaired) electrons. The average molecular weight is 251 g/mol. The maximum Gasteiger partial charge on any atom is 0.160 e. The minimum absolute atomic E-state index is 0.183. The van der Waals surface area contributed by atoms with E-state index in [-0.39, 0.29) is 11.8 Å². The molecule has 18 heavy (non-hydrogen) atoms. The van der Waals surface area contributed by atoms with Gasteiger partial charge in [0.15, 0.2) is 11.5 Å². The molecule has 1 unspecified atom stereocenters. The summed E-state index contributed by atoms with van der Waals surface area (Å²) in [4.78, 5) is 0. The van der Waals surface area contributed by atoms with Gasteiger partial charge in [0, 0.05) is 12.6 Å². The Bertz CT molecular complexity index is 388. The van der Waals surface area contributed by atoms with E-state index >= 15 is 0 Å². The second-order valence-electron chi connectivity index (χ2n) is 5.55. The fourth-order valence-electron chi connectivity index (χ4n) is 1.64. The van der Waals surface area contributed by atoms with E-state index in [9.17, 15) is 5.11 Å². The zero-order valence-electron chi connectivity index (χ0n) is 12.1. The van der Waals surface area contributed by atoms with Crippen LogP contribution in [0.4, 0.5) is 0 Å². The molecule has 0 fully saturated rings. The predicted octanol–water partition coefficient (Wildman–Crippen LogP) is 3.49. The van der Waals surface area contributed by atoms with Crippen molar-refractivity contribution < 1.29 is 9.84 Å².